The van der Waals surface area contributed by atoms with Crippen LogP contribution in [-0.2, 0) is 14.3 Å². The van der Waals surface area contributed by atoms with Crippen molar-refractivity contribution in [2.75, 3.05) is 13.7 Å². The van der Waals surface area contributed by atoms with Crippen molar-refractivity contribution in [2.24, 2.45) is 23.7 Å². The van der Waals surface area contributed by atoms with Gasteiger partial charge in [-0.3, -0.25) is 4.79 Å². The van der Waals surface area contributed by atoms with Crippen molar-refractivity contribution in [2.45, 2.75) is 92.0 Å². The number of esters is 1. The molecule has 0 fully saturated rings. The molecule has 0 heterocycles. The van der Waals surface area contributed by atoms with E-state index in [0.717, 1.165) is 44.9 Å². The second-order valence-corrected chi connectivity index (χ2v) is 8.83. The molecule has 3 atom stereocenters. The van der Waals surface area contributed by atoms with Crippen molar-refractivity contribution in [3.8, 4) is 0 Å². The molecule has 0 saturated heterocycles. The Kier molecular flexibility index (Phi) is 15.7. The Labute approximate surface area is 178 Å². The minimum absolute atomic E-state index is 0.0620. The molecule has 5 nitrogen and oxygen atoms in total. The van der Waals surface area contributed by atoms with Crippen LogP contribution in [0, 0.1) is 23.7 Å². The molecule has 0 rings (SSSR count). The van der Waals surface area contributed by atoms with E-state index in [0.29, 0.717) is 18.3 Å². The van der Waals surface area contributed by atoms with E-state index in [1.165, 1.54) is 7.11 Å². The minimum Gasteiger partial charge on any atom is -0.467 e. The first-order chi connectivity index (χ1) is 13.8. The third-order valence-electron chi connectivity index (χ3n) is 5.17. The Balaban J connectivity index is 5.45. The molecule has 0 bridgehead atoms. The monoisotopic (exact) mass is 411 g/mol. The summed E-state index contributed by atoms with van der Waals surface area (Å²) < 4.78 is 4.93. The first-order valence-corrected chi connectivity index (χ1v) is 11.4. The molecule has 170 valence electrons. The van der Waals surface area contributed by atoms with Crippen molar-refractivity contribution in [3.63, 3.8) is 0 Å². The molecular weight excluding hydrogens is 366 g/mol. The van der Waals surface area contributed by atoms with Gasteiger partial charge in [0, 0.05) is 12.5 Å². The number of aliphatic hydroxyl groups is 1. The average molecular weight is 412 g/mol. The summed E-state index contributed by atoms with van der Waals surface area (Å²) in [5.41, 5.74) is 0. The van der Waals surface area contributed by atoms with Crippen LogP contribution in [0.1, 0.15) is 86.0 Å². The third kappa shape index (κ3) is 12.7. The van der Waals surface area contributed by atoms with Gasteiger partial charge in [0.05, 0.1) is 7.11 Å². The number of unbranched alkanes of at least 4 members (excludes halogenated alkanes) is 3. The van der Waals surface area contributed by atoms with E-state index < -0.39 is 6.04 Å². The minimum atomic E-state index is -0.583. The third-order valence-corrected chi connectivity index (χ3v) is 5.17. The second kappa shape index (κ2) is 16.4. The van der Waals surface area contributed by atoms with Crippen LogP contribution >= 0.6 is 0 Å². The zero-order valence-electron chi connectivity index (χ0n) is 19.6. The maximum absolute atomic E-state index is 13.3. The molecule has 29 heavy (non-hydrogen) atoms. The van der Waals surface area contributed by atoms with Gasteiger partial charge in [-0.25, -0.2) is 4.79 Å². The molecule has 0 radical (unpaired) electrons. The highest BCUT2D eigenvalue weighted by molar-refractivity contribution is 5.86. The van der Waals surface area contributed by atoms with Crippen molar-refractivity contribution in [1.29, 1.82) is 0 Å². The van der Waals surface area contributed by atoms with Crippen LogP contribution in [-0.4, -0.2) is 36.7 Å². The number of amides is 1. The number of ether oxygens (including phenoxy) is 1. The molecular formula is C24H45NO4. The Morgan fingerprint density at radius 1 is 1.00 bits per heavy atom. The molecule has 0 aliphatic heterocycles. The van der Waals surface area contributed by atoms with E-state index in [1.807, 2.05) is 0 Å². The summed E-state index contributed by atoms with van der Waals surface area (Å²) in [6, 6.07) is -0.583. The zero-order valence-corrected chi connectivity index (χ0v) is 19.6. The number of aliphatic hydroxyl groups excluding tert-OH is 1. The number of nitrogens with one attached hydrogen (secondary N) is 1. The van der Waals surface area contributed by atoms with Gasteiger partial charge in [0.25, 0.3) is 0 Å². The number of allylic oxidation sites excluding steroid dienone is 2. The molecule has 1 amide bonds. The molecule has 0 aromatic heterocycles. The van der Waals surface area contributed by atoms with Crippen LogP contribution in [0.4, 0.5) is 0 Å². The highest BCUT2D eigenvalue weighted by atomic mass is 16.5. The Morgan fingerprint density at radius 3 is 2.17 bits per heavy atom. The lowest BCUT2D eigenvalue weighted by molar-refractivity contribution is -0.146. The van der Waals surface area contributed by atoms with Crippen LogP contribution in [0.15, 0.2) is 12.2 Å². The van der Waals surface area contributed by atoms with Crippen molar-refractivity contribution in [3.05, 3.63) is 12.2 Å². The van der Waals surface area contributed by atoms with E-state index in [2.05, 4.69) is 52.1 Å². The standard InChI is InChI=1S/C24H45NO4/c1-7-8-9-13-22(24(28)29-6)25-23(27)21(17-19(4)5)20(12-10-11-16-26)15-14-18(2)3/h14-15,18-22,26H,7-13,16-17H2,1-6H3,(H,25,27)/b15-14+. The number of carbonyl (C=O) groups is 2. The predicted molar refractivity (Wildman–Crippen MR) is 119 cm³/mol. The van der Waals surface area contributed by atoms with Crippen LogP contribution in [0.3, 0.4) is 0 Å². The predicted octanol–water partition coefficient (Wildman–Crippen LogP) is 4.88. The molecule has 2 N–H and O–H groups in total. The smallest absolute Gasteiger partial charge is 0.328 e. The van der Waals surface area contributed by atoms with Gasteiger partial charge in [0.15, 0.2) is 0 Å². The van der Waals surface area contributed by atoms with Crippen LogP contribution in [0.5, 0.6) is 0 Å². The van der Waals surface area contributed by atoms with E-state index >= 15 is 0 Å². The van der Waals surface area contributed by atoms with Crippen molar-refractivity contribution in [1.82, 2.24) is 5.32 Å². The fourth-order valence-electron chi connectivity index (χ4n) is 3.54. The first-order valence-electron chi connectivity index (χ1n) is 11.4. The quantitative estimate of drug-likeness (QED) is 0.216. The van der Waals surface area contributed by atoms with Crippen LogP contribution < -0.4 is 5.32 Å². The highest BCUT2D eigenvalue weighted by Crippen LogP contribution is 2.28. The zero-order chi connectivity index (χ0) is 22.2. The van der Waals surface area contributed by atoms with E-state index in [-0.39, 0.29) is 30.3 Å². The number of hydrogen-bond donors (Lipinski definition) is 2. The summed E-state index contributed by atoms with van der Waals surface area (Å²) in [4.78, 5) is 25.5. The summed E-state index contributed by atoms with van der Waals surface area (Å²) in [6.45, 7) is 10.8. The number of carbonyl (C=O) groups excluding carboxylic acids is 2. The van der Waals surface area contributed by atoms with E-state index in [9.17, 15) is 9.59 Å². The van der Waals surface area contributed by atoms with Gasteiger partial charge in [-0.15, -0.1) is 0 Å². The van der Waals surface area contributed by atoms with Gasteiger partial charge in [-0.05, 0) is 43.4 Å². The summed E-state index contributed by atoms with van der Waals surface area (Å²) in [5.74, 6) is 0.257. The first kappa shape index (κ1) is 27.6. The maximum Gasteiger partial charge on any atom is 0.328 e. The summed E-state index contributed by atoms with van der Waals surface area (Å²) in [7, 11) is 1.37. The molecule has 0 aliphatic rings. The second-order valence-electron chi connectivity index (χ2n) is 8.83. The van der Waals surface area contributed by atoms with Gasteiger partial charge in [0.1, 0.15) is 6.04 Å². The van der Waals surface area contributed by atoms with Gasteiger partial charge < -0.3 is 15.2 Å². The lowest BCUT2D eigenvalue weighted by Crippen LogP contribution is -2.46. The molecule has 0 spiro atoms. The molecule has 0 saturated carbocycles. The molecule has 0 aliphatic carbocycles. The number of rotatable bonds is 16. The molecule has 5 heteroatoms. The highest BCUT2D eigenvalue weighted by Gasteiger charge is 2.30. The number of methoxy groups -OCH3 is 1. The van der Waals surface area contributed by atoms with Crippen LogP contribution in [0.2, 0.25) is 0 Å². The largest absolute Gasteiger partial charge is 0.467 e. The Hall–Kier alpha value is -1.36. The lowest BCUT2D eigenvalue weighted by atomic mass is 9.81. The van der Waals surface area contributed by atoms with Crippen molar-refractivity contribution < 1.29 is 19.4 Å². The van der Waals surface area contributed by atoms with Gasteiger partial charge >= 0.3 is 5.97 Å². The van der Waals surface area contributed by atoms with E-state index in [4.69, 9.17) is 9.84 Å². The van der Waals surface area contributed by atoms with Gasteiger partial charge in [-0.1, -0.05) is 72.5 Å². The van der Waals surface area contributed by atoms with Gasteiger partial charge in [0.2, 0.25) is 5.91 Å². The molecule has 3 unspecified atom stereocenters. The Bertz CT molecular complexity index is 474. The normalized spacial score (nSPS) is 14.9. The maximum atomic E-state index is 13.3. The summed E-state index contributed by atoms with van der Waals surface area (Å²) >= 11 is 0. The average Bonchev–Trinajstić information content (AvgIpc) is 2.67. The van der Waals surface area contributed by atoms with Crippen LogP contribution in [0.25, 0.3) is 0 Å². The van der Waals surface area contributed by atoms with E-state index in [1.54, 1.807) is 0 Å². The van der Waals surface area contributed by atoms with Crippen molar-refractivity contribution >= 4 is 11.9 Å². The topological polar surface area (TPSA) is 75.6 Å². The fourth-order valence-corrected chi connectivity index (χ4v) is 3.54. The molecule has 0 aromatic carbocycles. The summed E-state index contributed by atoms with van der Waals surface area (Å²) in [6.07, 6.45) is 11.1. The fraction of sp³-hybridized carbons (Fsp3) is 0.833. The lowest BCUT2D eigenvalue weighted by Gasteiger charge is -2.28. The summed E-state index contributed by atoms with van der Waals surface area (Å²) in [5, 5.41) is 12.1. The SMILES string of the molecule is CCCCCC(NC(=O)C(CC(C)C)C(/C=C/C(C)C)CCCCO)C(=O)OC. The molecule has 0 aromatic rings. The van der Waals surface area contributed by atoms with Gasteiger partial charge in [-0.2, -0.15) is 0 Å². The Morgan fingerprint density at radius 2 is 1.66 bits per heavy atom. The number of hydrogen-bond acceptors (Lipinski definition) is 4.